The summed E-state index contributed by atoms with van der Waals surface area (Å²) in [5, 5.41) is 9.51. The van der Waals surface area contributed by atoms with E-state index in [1.165, 1.54) is 0 Å². The van der Waals surface area contributed by atoms with Crippen LogP contribution >= 0.6 is 0 Å². The van der Waals surface area contributed by atoms with Crippen LogP contribution in [-0.2, 0) is 0 Å². The minimum absolute atomic E-state index is 0.556. The zero-order valence-electron chi connectivity index (χ0n) is 9.00. The van der Waals surface area contributed by atoms with Gasteiger partial charge in [0.15, 0.2) is 0 Å². The van der Waals surface area contributed by atoms with E-state index in [9.17, 15) is 5.11 Å². The van der Waals surface area contributed by atoms with Crippen LogP contribution in [0.3, 0.4) is 0 Å². The molecule has 14 heavy (non-hydrogen) atoms. The molecular formula is C11H16O3. The Kier molecular flexibility index (Phi) is 3.36. The van der Waals surface area contributed by atoms with E-state index >= 15 is 0 Å². The van der Waals surface area contributed by atoms with E-state index < -0.39 is 6.10 Å². The van der Waals surface area contributed by atoms with Crippen LogP contribution in [0.5, 0.6) is 11.5 Å². The maximum absolute atomic E-state index is 9.51. The van der Waals surface area contributed by atoms with Crippen molar-refractivity contribution in [1.29, 1.82) is 0 Å². The zero-order valence-corrected chi connectivity index (χ0v) is 9.00. The van der Waals surface area contributed by atoms with Gasteiger partial charge in [0.05, 0.1) is 20.3 Å². The topological polar surface area (TPSA) is 38.7 Å². The summed E-state index contributed by atoms with van der Waals surface area (Å²) in [4.78, 5) is 0. The molecule has 0 spiro atoms. The number of hydrogen-bond donors (Lipinski definition) is 1. The molecule has 1 atom stereocenters. The second-order valence-electron chi connectivity index (χ2n) is 3.24. The molecule has 0 bridgehead atoms. The number of hydrogen-bond acceptors (Lipinski definition) is 3. The Morgan fingerprint density at radius 1 is 1.14 bits per heavy atom. The lowest BCUT2D eigenvalue weighted by atomic mass is 10.1. The van der Waals surface area contributed by atoms with Gasteiger partial charge in [-0.1, -0.05) is 0 Å². The highest BCUT2D eigenvalue weighted by Crippen LogP contribution is 2.31. The molecule has 0 aliphatic heterocycles. The molecule has 0 fully saturated rings. The van der Waals surface area contributed by atoms with Crippen molar-refractivity contribution in [2.75, 3.05) is 14.2 Å². The normalized spacial score (nSPS) is 12.4. The van der Waals surface area contributed by atoms with Crippen molar-refractivity contribution < 1.29 is 14.6 Å². The third-order valence-electron chi connectivity index (χ3n) is 2.20. The molecule has 3 nitrogen and oxygen atoms in total. The summed E-state index contributed by atoms with van der Waals surface area (Å²) in [6.07, 6.45) is -0.556. The van der Waals surface area contributed by atoms with Gasteiger partial charge in [0.1, 0.15) is 11.5 Å². The predicted octanol–water partition coefficient (Wildman–Crippen LogP) is 2.07. The highest BCUT2D eigenvalue weighted by atomic mass is 16.5. The number of aliphatic hydroxyl groups is 1. The van der Waals surface area contributed by atoms with Crippen LogP contribution in [0.1, 0.15) is 24.2 Å². The van der Waals surface area contributed by atoms with Crippen molar-refractivity contribution in [1.82, 2.24) is 0 Å². The van der Waals surface area contributed by atoms with Crippen LogP contribution in [0.2, 0.25) is 0 Å². The Balaban J connectivity index is 3.25. The Labute approximate surface area is 84.3 Å². The fourth-order valence-corrected chi connectivity index (χ4v) is 1.40. The van der Waals surface area contributed by atoms with Gasteiger partial charge >= 0.3 is 0 Å². The van der Waals surface area contributed by atoms with Gasteiger partial charge in [-0.05, 0) is 31.5 Å². The molecule has 0 saturated heterocycles. The first-order chi connectivity index (χ1) is 6.60. The summed E-state index contributed by atoms with van der Waals surface area (Å²) < 4.78 is 10.3. The van der Waals surface area contributed by atoms with Gasteiger partial charge in [-0.25, -0.2) is 0 Å². The minimum Gasteiger partial charge on any atom is -0.496 e. The van der Waals surface area contributed by atoms with Gasteiger partial charge in [-0.15, -0.1) is 0 Å². The van der Waals surface area contributed by atoms with Crippen LogP contribution in [0.25, 0.3) is 0 Å². The highest BCUT2D eigenvalue weighted by Gasteiger charge is 2.12. The van der Waals surface area contributed by atoms with Crippen LogP contribution in [-0.4, -0.2) is 19.3 Å². The number of methoxy groups -OCH3 is 2. The van der Waals surface area contributed by atoms with E-state index in [4.69, 9.17) is 9.47 Å². The van der Waals surface area contributed by atoms with Gasteiger partial charge in [0.25, 0.3) is 0 Å². The van der Waals surface area contributed by atoms with Gasteiger partial charge < -0.3 is 14.6 Å². The summed E-state index contributed by atoms with van der Waals surface area (Å²) >= 11 is 0. The number of aryl methyl sites for hydroxylation is 1. The maximum atomic E-state index is 9.51. The molecule has 1 aromatic rings. The number of rotatable bonds is 3. The molecule has 0 saturated carbocycles. The lowest BCUT2D eigenvalue weighted by Gasteiger charge is -2.14. The van der Waals surface area contributed by atoms with E-state index in [1.54, 1.807) is 27.2 Å². The number of aliphatic hydroxyl groups excluding tert-OH is 1. The average molecular weight is 196 g/mol. The molecule has 1 aromatic carbocycles. The van der Waals surface area contributed by atoms with Crippen molar-refractivity contribution in [3.05, 3.63) is 23.3 Å². The molecule has 3 heteroatoms. The average Bonchev–Trinajstić information content (AvgIpc) is 2.16. The number of benzene rings is 1. The van der Waals surface area contributed by atoms with Crippen LogP contribution in [0.15, 0.2) is 12.1 Å². The monoisotopic (exact) mass is 196 g/mol. The number of ether oxygens (including phenoxy) is 2. The molecule has 0 aromatic heterocycles. The van der Waals surface area contributed by atoms with Crippen molar-refractivity contribution in [3.63, 3.8) is 0 Å². The van der Waals surface area contributed by atoms with Gasteiger partial charge in [0.2, 0.25) is 0 Å². The smallest absolute Gasteiger partial charge is 0.125 e. The van der Waals surface area contributed by atoms with E-state index in [0.717, 1.165) is 16.9 Å². The standard InChI is InChI=1S/C11H16O3/c1-7-5-11(14-4)9(8(2)12)6-10(7)13-3/h5-6,8,12H,1-4H3/t8-/m1/s1. The molecule has 0 unspecified atom stereocenters. The Morgan fingerprint density at radius 3 is 2.14 bits per heavy atom. The summed E-state index contributed by atoms with van der Waals surface area (Å²) in [7, 11) is 3.20. The maximum Gasteiger partial charge on any atom is 0.125 e. The second kappa shape index (κ2) is 4.33. The third kappa shape index (κ3) is 1.99. The summed E-state index contributed by atoms with van der Waals surface area (Å²) in [6, 6.07) is 3.67. The van der Waals surface area contributed by atoms with E-state index in [-0.39, 0.29) is 0 Å². The largest absolute Gasteiger partial charge is 0.496 e. The molecule has 0 amide bonds. The molecule has 0 heterocycles. The quantitative estimate of drug-likeness (QED) is 0.804. The van der Waals surface area contributed by atoms with E-state index in [2.05, 4.69) is 0 Å². The first-order valence-corrected chi connectivity index (χ1v) is 4.50. The molecule has 0 aliphatic rings. The highest BCUT2D eigenvalue weighted by molar-refractivity contribution is 5.46. The van der Waals surface area contributed by atoms with Crippen molar-refractivity contribution in [2.45, 2.75) is 20.0 Å². The van der Waals surface area contributed by atoms with Crippen LogP contribution in [0.4, 0.5) is 0 Å². The fraction of sp³-hybridized carbons (Fsp3) is 0.455. The van der Waals surface area contributed by atoms with E-state index in [0.29, 0.717) is 5.75 Å². The van der Waals surface area contributed by atoms with Gasteiger partial charge in [-0.2, -0.15) is 0 Å². The van der Waals surface area contributed by atoms with Gasteiger partial charge in [-0.3, -0.25) is 0 Å². The summed E-state index contributed by atoms with van der Waals surface area (Å²) in [6.45, 7) is 3.64. The Bertz CT molecular complexity index is 319. The molecule has 1 N–H and O–H groups in total. The first-order valence-electron chi connectivity index (χ1n) is 4.50. The van der Waals surface area contributed by atoms with Crippen LogP contribution in [0, 0.1) is 6.92 Å². The van der Waals surface area contributed by atoms with Crippen molar-refractivity contribution in [3.8, 4) is 11.5 Å². The fourth-order valence-electron chi connectivity index (χ4n) is 1.40. The zero-order chi connectivity index (χ0) is 10.7. The summed E-state index contributed by atoms with van der Waals surface area (Å²) in [5.74, 6) is 1.46. The van der Waals surface area contributed by atoms with Gasteiger partial charge in [0, 0.05) is 5.56 Å². The summed E-state index contributed by atoms with van der Waals surface area (Å²) in [5.41, 5.74) is 1.74. The first kappa shape index (κ1) is 10.9. The molecule has 0 aliphatic carbocycles. The lowest BCUT2D eigenvalue weighted by Crippen LogP contribution is -1.99. The van der Waals surface area contributed by atoms with Crippen LogP contribution < -0.4 is 9.47 Å². The second-order valence-corrected chi connectivity index (χ2v) is 3.24. The Morgan fingerprint density at radius 2 is 1.71 bits per heavy atom. The van der Waals surface area contributed by atoms with Crippen molar-refractivity contribution in [2.24, 2.45) is 0 Å². The molecular weight excluding hydrogens is 180 g/mol. The molecule has 1 rings (SSSR count). The van der Waals surface area contributed by atoms with Crippen molar-refractivity contribution >= 4 is 0 Å². The molecule has 78 valence electrons. The Hall–Kier alpha value is -1.22. The SMILES string of the molecule is COc1cc([C@@H](C)O)c(OC)cc1C. The lowest BCUT2D eigenvalue weighted by molar-refractivity contribution is 0.193. The van der Waals surface area contributed by atoms with E-state index in [1.807, 2.05) is 13.0 Å². The molecule has 0 radical (unpaired) electrons. The predicted molar refractivity (Wildman–Crippen MR) is 54.9 cm³/mol. The minimum atomic E-state index is -0.556. The third-order valence-corrected chi connectivity index (χ3v) is 2.20.